The van der Waals surface area contributed by atoms with Gasteiger partial charge in [0, 0.05) is 26.7 Å². The molecule has 0 aliphatic carbocycles. The van der Waals surface area contributed by atoms with E-state index in [4.69, 9.17) is 0 Å². The van der Waals surface area contributed by atoms with Gasteiger partial charge < -0.3 is 10.1 Å². The SMILES string of the molecule is CNC(=O)C1CN(Cc2ccc(CCc3cccc(OC(F)(F)F)c3)c(C)c2)C1. The Morgan fingerprint density at radius 2 is 1.90 bits per heavy atom. The van der Waals surface area contributed by atoms with Gasteiger partial charge >= 0.3 is 6.36 Å². The van der Waals surface area contributed by atoms with E-state index in [0.717, 1.165) is 37.2 Å². The van der Waals surface area contributed by atoms with Crippen LogP contribution in [0.4, 0.5) is 13.2 Å². The zero-order chi connectivity index (χ0) is 21.0. The molecule has 7 heteroatoms. The molecule has 3 rings (SSSR count). The molecule has 4 nitrogen and oxygen atoms in total. The Morgan fingerprint density at radius 3 is 2.55 bits per heavy atom. The summed E-state index contributed by atoms with van der Waals surface area (Å²) >= 11 is 0. The summed E-state index contributed by atoms with van der Waals surface area (Å²) in [6, 6.07) is 12.4. The molecule has 2 aromatic carbocycles. The first kappa shape index (κ1) is 21.2. The van der Waals surface area contributed by atoms with Gasteiger partial charge in [-0.3, -0.25) is 9.69 Å². The van der Waals surface area contributed by atoms with Crippen molar-refractivity contribution in [3.05, 3.63) is 64.7 Å². The molecular formula is C22H25F3N2O2. The highest BCUT2D eigenvalue weighted by Crippen LogP contribution is 2.25. The number of carbonyl (C=O) groups excluding carboxylic acids is 1. The third kappa shape index (κ3) is 5.97. The maximum atomic E-state index is 12.4. The van der Waals surface area contributed by atoms with E-state index in [1.807, 2.05) is 6.92 Å². The fourth-order valence-corrected chi connectivity index (χ4v) is 3.64. The number of hydrogen-bond donors (Lipinski definition) is 1. The maximum Gasteiger partial charge on any atom is 0.573 e. The van der Waals surface area contributed by atoms with Gasteiger partial charge in [-0.15, -0.1) is 13.2 Å². The van der Waals surface area contributed by atoms with Crippen LogP contribution in [0.5, 0.6) is 5.75 Å². The fourth-order valence-electron chi connectivity index (χ4n) is 3.64. The first-order valence-corrected chi connectivity index (χ1v) is 9.60. The van der Waals surface area contributed by atoms with Crippen LogP contribution in [0.1, 0.15) is 22.3 Å². The summed E-state index contributed by atoms with van der Waals surface area (Å²) in [4.78, 5) is 13.8. The fraction of sp³-hybridized carbons (Fsp3) is 0.409. The zero-order valence-corrected chi connectivity index (χ0v) is 16.6. The maximum absolute atomic E-state index is 12.4. The second-order valence-corrected chi connectivity index (χ2v) is 7.46. The molecule has 0 aromatic heterocycles. The normalized spacial score (nSPS) is 15.1. The third-order valence-corrected chi connectivity index (χ3v) is 5.20. The van der Waals surface area contributed by atoms with Gasteiger partial charge in [-0.2, -0.15) is 0 Å². The van der Waals surface area contributed by atoms with Crippen LogP contribution in [-0.2, 0) is 24.2 Å². The average molecular weight is 406 g/mol. The molecular weight excluding hydrogens is 381 g/mol. The Morgan fingerprint density at radius 1 is 1.14 bits per heavy atom. The second kappa shape index (κ2) is 8.86. The molecule has 1 N–H and O–H groups in total. The molecule has 1 aliphatic heterocycles. The Kier molecular flexibility index (Phi) is 6.47. The first-order valence-electron chi connectivity index (χ1n) is 9.60. The number of rotatable bonds is 7. The number of alkyl halides is 3. The van der Waals surface area contributed by atoms with Crippen molar-refractivity contribution in [2.45, 2.75) is 32.7 Å². The van der Waals surface area contributed by atoms with Gasteiger partial charge in [-0.1, -0.05) is 30.3 Å². The van der Waals surface area contributed by atoms with E-state index in [-0.39, 0.29) is 17.6 Å². The molecule has 1 amide bonds. The highest BCUT2D eigenvalue weighted by molar-refractivity contribution is 5.79. The van der Waals surface area contributed by atoms with Gasteiger partial charge in [-0.05, 0) is 54.2 Å². The monoisotopic (exact) mass is 406 g/mol. The number of likely N-dealkylation sites (tertiary alicyclic amines) is 1. The molecule has 156 valence electrons. The molecule has 0 unspecified atom stereocenters. The predicted molar refractivity (Wildman–Crippen MR) is 105 cm³/mol. The summed E-state index contributed by atoms with van der Waals surface area (Å²) in [5, 5.41) is 2.68. The van der Waals surface area contributed by atoms with E-state index in [2.05, 4.69) is 33.2 Å². The molecule has 1 heterocycles. The minimum atomic E-state index is -4.68. The number of ether oxygens (including phenoxy) is 1. The van der Waals surface area contributed by atoms with Gasteiger partial charge in [0.2, 0.25) is 5.91 Å². The number of nitrogens with zero attached hydrogens (tertiary/aromatic N) is 1. The van der Waals surface area contributed by atoms with Crippen molar-refractivity contribution in [1.29, 1.82) is 0 Å². The molecule has 1 aliphatic rings. The Labute approximate surface area is 168 Å². The smallest absolute Gasteiger partial charge is 0.406 e. The van der Waals surface area contributed by atoms with Crippen LogP contribution in [0.25, 0.3) is 0 Å². The van der Waals surface area contributed by atoms with Crippen molar-refractivity contribution in [3.63, 3.8) is 0 Å². The van der Waals surface area contributed by atoms with Crippen molar-refractivity contribution < 1.29 is 22.7 Å². The third-order valence-electron chi connectivity index (χ3n) is 5.20. The summed E-state index contributed by atoms with van der Waals surface area (Å²) in [7, 11) is 1.66. The average Bonchev–Trinajstić information content (AvgIpc) is 2.62. The standard InChI is InChI=1S/C22H25F3N2O2/c1-15-10-17(12-27-13-19(14-27)21(28)26-2)7-9-18(15)8-6-16-4-3-5-20(11-16)29-22(23,24)25/h3-5,7,9-11,19H,6,8,12-14H2,1-2H3,(H,26,28). The van der Waals surface area contributed by atoms with Gasteiger partial charge in [0.15, 0.2) is 0 Å². The molecule has 0 radical (unpaired) electrons. The van der Waals surface area contributed by atoms with Gasteiger partial charge in [0.25, 0.3) is 0 Å². The lowest BCUT2D eigenvalue weighted by Crippen LogP contribution is -2.52. The number of benzene rings is 2. The lowest BCUT2D eigenvalue weighted by Gasteiger charge is -2.38. The lowest BCUT2D eigenvalue weighted by molar-refractivity contribution is -0.274. The summed E-state index contributed by atoms with van der Waals surface area (Å²) in [5.41, 5.74) is 4.33. The Hall–Kier alpha value is -2.54. The quantitative estimate of drug-likeness (QED) is 0.759. The Balaban J connectivity index is 1.54. The number of hydrogen-bond acceptors (Lipinski definition) is 3. The number of nitrogens with one attached hydrogen (secondary N) is 1. The predicted octanol–water partition coefficient (Wildman–Crippen LogP) is 3.86. The number of aryl methyl sites for hydroxylation is 3. The summed E-state index contributed by atoms with van der Waals surface area (Å²) in [6.07, 6.45) is -3.30. The number of carbonyl (C=O) groups is 1. The highest BCUT2D eigenvalue weighted by Gasteiger charge is 2.32. The summed E-state index contributed by atoms with van der Waals surface area (Å²) in [6.45, 7) is 4.41. The first-order chi connectivity index (χ1) is 13.7. The van der Waals surface area contributed by atoms with Gasteiger partial charge in [0.1, 0.15) is 5.75 Å². The van der Waals surface area contributed by atoms with E-state index in [1.165, 1.54) is 23.3 Å². The topological polar surface area (TPSA) is 41.6 Å². The van der Waals surface area contributed by atoms with Crippen LogP contribution in [0.2, 0.25) is 0 Å². The molecule has 29 heavy (non-hydrogen) atoms. The van der Waals surface area contributed by atoms with E-state index in [1.54, 1.807) is 19.2 Å². The van der Waals surface area contributed by atoms with Gasteiger partial charge in [-0.25, -0.2) is 0 Å². The Bertz CT molecular complexity index is 861. The number of halogens is 3. The molecule has 0 bridgehead atoms. The number of amides is 1. The van der Waals surface area contributed by atoms with Crippen LogP contribution < -0.4 is 10.1 Å². The molecule has 0 spiro atoms. The second-order valence-electron chi connectivity index (χ2n) is 7.46. The van der Waals surface area contributed by atoms with E-state index < -0.39 is 6.36 Å². The molecule has 1 saturated heterocycles. The van der Waals surface area contributed by atoms with Crippen molar-refractivity contribution in [2.75, 3.05) is 20.1 Å². The van der Waals surface area contributed by atoms with Crippen molar-refractivity contribution in [2.24, 2.45) is 5.92 Å². The van der Waals surface area contributed by atoms with E-state index in [0.29, 0.717) is 6.42 Å². The van der Waals surface area contributed by atoms with Crippen LogP contribution in [0.15, 0.2) is 42.5 Å². The molecule has 2 aromatic rings. The minimum absolute atomic E-state index is 0.0810. The molecule has 1 fully saturated rings. The summed E-state index contributed by atoms with van der Waals surface area (Å²) < 4.78 is 41.1. The van der Waals surface area contributed by atoms with E-state index >= 15 is 0 Å². The van der Waals surface area contributed by atoms with Gasteiger partial charge in [0.05, 0.1) is 5.92 Å². The molecule has 0 saturated carbocycles. The van der Waals surface area contributed by atoms with Crippen LogP contribution in [0, 0.1) is 12.8 Å². The minimum Gasteiger partial charge on any atom is -0.406 e. The van der Waals surface area contributed by atoms with Crippen LogP contribution >= 0.6 is 0 Å². The van der Waals surface area contributed by atoms with E-state index in [9.17, 15) is 18.0 Å². The molecule has 0 atom stereocenters. The largest absolute Gasteiger partial charge is 0.573 e. The summed E-state index contributed by atoms with van der Waals surface area (Å²) in [5.74, 6) is -0.0124. The highest BCUT2D eigenvalue weighted by atomic mass is 19.4. The van der Waals surface area contributed by atoms with Crippen molar-refractivity contribution in [3.8, 4) is 5.75 Å². The van der Waals surface area contributed by atoms with Crippen molar-refractivity contribution in [1.82, 2.24) is 10.2 Å². The van der Waals surface area contributed by atoms with Crippen LogP contribution in [-0.4, -0.2) is 37.3 Å². The lowest BCUT2D eigenvalue weighted by atomic mass is 9.96. The van der Waals surface area contributed by atoms with Crippen LogP contribution in [0.3, 0.4) is 0 Å². The van der Waals surface area contributed by atoms with Crippen molar-refractivity contribution >= 4 is 5.91 Å². The zero-order valence-electron chi connectivity index (χ0n) is 16.6.